The van der Waals surface area contributed by atoms with Crippen LogP contribution in [0.4, 0.5) is 5.69 Å². The van der Waals surface area contributed by atoms with E-state index in [-0.39, 0.29) is 11.9 Å². The first-order chi connectivity index (χ1) is 11.2. The van der Waals surface area contributed by atoms with Gasteiger partial charge in [0.05, 0.1) is 0 Å². The van der Waals surface area contributed by atoms with Crippen LogP contribution in [0.3, 0.4) is 0 Å². The molecule has 1 aromatic rings. The summed E-state index contributed by atoms with van der Waals surface area (Å²) in [5.41, 5.74) is 3.11. The molecule has 0 bridgehead atoms. The van der Waals surface area contributed by atoms with Gasteiger partial charge in [-0.2, -0.15) is 0 Å². The molecule has 1 aliphatic carbocycles. The number of piperidine rings is 1. The maximum absolute atomic E-state index is 12.4. The Morgan fingerprint density at radius 1 is 1.13 bits per heavy atom. The minimum atomic E-state index is 0.00618. The molecule has 2 aliphatic heterocycles. The van der Waals surface area contributed by atoms with Gasteiger partial charge >= 0.3 is 0 Å². The van der Waals surface area contributed by atoms with Crippen molar-refractivity contribution in [2.45, 2.75) is 38.1 Å². The molecular weight excluding hydrogens is 290 g/mol. The molecular formula is C18H23N3O2. The zero-order chi connectivity index (χ0) is 15.8. The van der Waals surface area contributed by atoms with Gasteiger partial charge in [0.15, 0.2) is 0 Å². The van der Waals surface area contributed by atoms with Gasteiger partial charge in [-0.25, -0.2) is 0 Å². The molecule has 0 radical (unpaired) electrons. The summed E-state index contributed by atoms with van der Waals surface area (Å²) in [5.74, 6) is 0.619. The van der Waals surface area contributed by atoms with Gasteiger partial charge in [-0.1, -0.05) is 0 Å². The van der Waals surface area contributed by atoms with E-state index < -0.39 is 0 Å². The number of carbonyl (C=O) groups excluding carboxylic acids is 2. The predicted octanol–water partition coefficient (Wildman–Crippen LogP) is 1.79. The van der Waals surface area contributed by atoms with Crippen molar-refractivity contribution in [1.29, 1.82) is 0 Å². The van der Waals surface area contributed by atoms with Gasteiger partial charge in [0.1, 0.15) is 0 Å². The van der Waals surface area contributed by atoms with Gasteiger partial charge < -0.3 is 15.5 Å². The molecule has 1 saturated heterocycles. The van der Waals surface area contributed by atoms with Gasteiger partial charge in [0.25, 0.3) is 5.91 Å². The van der Waals surface area contributed by atoms with E-state index in [0.29, 0.717) is 11.8 Å². The first-order valence-corrected chi connectivity index (χ1v) is 8.67. The molecule has 3 aliphatic rings. The Balaban J connectivity index is 1.32. The molecule has 2 N–H and O–H groups in total. The minimum Gasteiger partial charge on any atom is -0.384 e. The smallest absolute Gasteiger partial charge is 0.251 e. The number of nitrogens with one attached hydrogen (secondary N) is 2. The third kappa shape index (κ3) is 3.05. The Hall–Kier alpha value is -2.04. The van der Waals surface area contributed by atoms with Crippen LogP contribution in [0.15, 0.2) is 18.2 Å². The fourth-order valence-corrected chi connectivity index (χ4v) is 3.55. The second-order valence-electron chi connectivity index (χ2n) is 6.90. The van der Waals surface area contributed by atoms with Crippen molar-refractivity contribution in [2.75, 3.05) is 25.0 Å². The van der Waals surface area contributed by atoms with Crippen molar-refractivity contribution in [2.24, 2.45) is 5.92 Å². The Morgan fingerprint density at radius 2 is 1.91 bits per heavy atom. The lowest BCUT2D eigenvalue weighted by Gasteiger charge is -2.32. The average Bonchev–Trinajstić information content (AvgIpc) is 3.32. The molecule has 2 fully saturated rings. The molecule has 0 aromatic heterocycles. The van der Waals surface area contributed by atoms with Crippen molar-refractivity contribution >= 4 is 17.5 Å². The van der Waals surface area contributed by atoms with Crippen molar-refractivity contribution in [3.63, 3.8) is 0 Å². The van der Waals surface area contributed by atoms with E-state index in [1.165, 1.54) is 5.56 Å². The fraction of sp³-hybridized carbons (Fsp3) is 0.556. The van der Waals surface area contributed by atoms with Crippen LogP contribution in [0.25, 0.3) is 0 Å². The number of nitrogens with zero attached hydrogens (tertiary/aromatic N) is 1. The molecule has 0 spiro atoms. The number of anilines is 1. The van der Waals surface area contributed by atoms with Crippen molar-refractivity contribution < 1.29 is 9.59 Å². The highest BCUT2D eigenvalue weighted by atomic mass is 16.2. The van der Waals surface area contributed by atoms with Crippen LogP contribution >= 0.6 is 0 Å². The Bertz CT molecular complexity index is 631. The van der Waals surface area contributed by atoms with Gasteiger partial charge in [0.2, 0.25) is 5.91 Å². The van der Waals surface area contributed by atoms with Crippen molar-refractivity contribution in [1.82, 2.24) is 10.2 Å². The maximum atomic E-state index is 12.4. The zero-order valence-corrected chi connectivity index (χ0v) is 13.3. The number of rotatable bonds is 3. The zero-order valence-electron chi connectivity index (χ0n) is 13.3. The molecule has 1 saturated carbocycles. The lowest BCUT2D eigenvalue weighted by atomic mass is 10.0. The van der Waals surface area contributed by atoms with E-state index in [4.69, 9.17) is 0 Å². The van der Waals surface area contributed by atoms with Gasteiger partial charge in [0, 0.05) is 42.8 Å². The monoisotopic (exact) mass is 313 g/mol. The van der Waals surface area contributed by atoms with E-state index in [9.17, 15) is 9.59 Å². The highest BCUT2D eigenvalue weighted by molar-refractivity contribution is 5.95. The van der Waals surface area contributed by atoms with Gasteiger partial charge in [-0.3, -0.25) is 9.59 Å². The fourth-order valence-electron chi connectivity index (χ4n) is 3.55. The van der Waals surface area contributed by atoms with E-state index in [1.54, 1.807) is 0 Å². The number of fused-ring (bicyclic) bond motifs is 1. The SMILES string of the molecule is O=C(NC1CCN(C(=O)C2CC2)CC1)c1ccc2c(c1)CCN2. The molecule has 5 heteroatoms. The number of hydrogen-bond acceptors (Lipinski definition) is 3. The van der Waals surface area contributed by atoms with E-state index in [1.807, 2.05) is 23.1 Å². The van der Waals surface area contributed by atoms with Crippen molar-refractivity contribution in [3.05, 3.63) is 29.3 Å². The number of amides is 2. The third-order valence-electron chi connectivity index (χ3n) is 5.15. The summed E-state index contributed by atoms with van der Waals surface area (Å²) in [6.45, 7) is 2.50. The molecule has 1 aromatic carbocycles. The Labute approximate surface area is 136 Å². The number of carbonyl (C=O) groups is 2. The topological polar surface area (TPSA) is 61.4 Å². The van der Waals surface area contributed by atoms with Crippen LogP contribution in [0.2, 0.25) is 0 Å². The van der Waals surface area contributed by atoms with E-state index in [0.717, 1.165) is 63.0 Å². The van der Waals surface area contributed by atoms with Crippen LogP contribution < -0.4 is 10.6 Å². The Morgan fingerprint density at radius 3 is 2.65 bits per heavy atom. The van der Waals surface area contributed by atoms with Crippen LogP contribution in [-0.2, 0) is 11.2 Å². The largest absolute Gasteiger partial charge is 0.384 e. The van der Waals surface area contributed by atoms with Gasteiger partial charge in [-0.15, -0.1) is 0 Å². The number of benzene rings is 1. The van der Waals surface area contributed by atoms with Crippen LogP contribution in [0.1, 0.15) is 41.6 Å². The van der Waals surface area contributed by atoms with Crippen LogP contribution in [0, 0.1) is 5.92 Å². The summed E-state index contributed by atoms with van der Waals surface area (Å²) >= 11 is 0. The van der Waals surface area contributed by atoms with Gasteiger partial charge in [-0.05, 0) is 55.9 Å². The van der Waals surface area contributed by atoms with Crippen LogP contribution in [-0.4, -0.2) is 42.4 Å². The molecule has 2 amide bonds. The van der Waals surface area contributed by atoms with Crippen LogP contribution in [0.5, 0.6) is 0 Å². The molecule has 0 unspecified atom stereocenters. The highest BCUT2D eigenvalue weighted by Gasteiger charge is 2.35. The summed E-state index contributed by atoms with van der Waals surface area (Å²) in [6.07, 6.45) is 4.82. The third-order valence-corrected chi connectivity index (χ3v) is 5.15. The van der Waals surface area contributed by atoms with E-state index in [2.05, 4.69) is 10.6 Å². The predicted molar refractivity (Wildman–Crippen MR) is 88.4 cm³/mol. The molecule has 2 heterocycles. The standard InChI is InChI=1S/C18H23N3O2/c22-17(14-3-4-16-13(11-14)5-8-19-16)20-15-6-9-21(10-7-15)18(23)12-1-2-12/h3-4,11-12,15,19H,1-2,5-10H2,(H,20,22). The summed E-state index contributed by atoms with van der Waals surface area (Å²) in [7, 11) is 0. The molecule has 23 heavy (non-hydrogen) atoms. The maximum Gasteiger partial charge on any atom is 0.251 e. The lowest BCUT2D eigenvalue weighted by Crippen LogP contribution is -2.47. The Kier molecular flexibility index (Phi) is 3.71. The second-order valence-corrected chi connectivity index (χ2v) is 6.90. The first kappa shape index (κ1) is 14.5. The summed E-state index contributed by atoms with van der Waals surface area (Å²) in [5, 5.41) is 6.44. The average molecular weight is 313 g/mol. The summed E-state index contributed by atoms with van der Waals surface area (Å²) in [6, 6.07) is 6.06. The highest BCUT2D eigenvalue weighted by Crippen LogP contribution is 2.32. The number of likely N-dealkylation sites (tertiary alicyclic amines) is 1. The molecule has 122 valence electrons. The normalized spacial score (nSPS) is 20.8. The molecule has 5 nitrogen and oxygen atoms in total. The summed E-state index contributed by atoms with van der Waals surface area (Å²) in [4.78, 5) is 26.5. The quantitative estimate of drug-likeness (QED) is 0.894. The molecule has 4 rings (SSSR count). The molecule has 0 atom stereocenters. The minimum absolute atomic E-state index is 0.00618. The van der Waals surface area contributed by atoms with E-state index >= 15 is 0 Å². The second kappa shape index (κ2) is 5.87. The number of hydrogen-bond donors (Lipinski definition) is 2. The summed E-state index contributed by atoms with van der Waals surface area (Å²) < 4.78 is 0. The van der Waals surface area contributed by atoms with Crippen molar-refractivity contribution in [3.8, 4) is 0 Å². The lowest BCUT2D eigenvalue weighted by molar-refractivity contribution is -0.133. The first-order valence-electron chi connectivity index (χ1n) is 8.67.